The van der Waals surface area contributed by atoms with Crippen molar-refractivity contribution in [3.8, 4) is 0 Å². The monoisotopic (exact) mass is 235 g/mol. The molecule has 0 N–H and O–H groups in total. The van der Waals surface area contributed by atoms with Crippen LogP contribution in [0.4, 0.5) is 0 Å². The number of hydrogen-bond donors (Lipinski definition) is 0. The van der Waals surface area contributed by atoms with Gasteiger partial charge in [-0.1, -0.05) is 0 Å². The number of hydrogen-bond acceptors (Lipinski definition) is 4. The SMILES string of the molecule is O=[N+]([O-])[N-]n1cnnc1.[Ag+]. The minimum atomic E-state index is -0.830. The van der Waals surface area contributed by atoms with Gasteiger partial charge in [-0.2, -0.15) is 0 Å². The molecule has 0 aromatic carbocycles. The fourth-order valence-corrected chi connectivity index (χ4v) is 0.326. The Kier molecular flexibility index (Phi) is 3.62. The maximum atomic E-state index is 9.63. The predicted molar refractivity (Wildman–Crippen MR) is 25.8 cm³/mol. The second kappa shape index (κ2) is 3.99. The van der Waals surface area contributed by atoms with Gasteiger partial charge in [0.1, 0.15) is 0 Å². The first-order chi connectivity index (χ1) is 4.29. The first kappa shape index (κ1) is 9.08. The van der Waals surface area contributed by atoms with Gasteiger partial charge >= 0.3 is 22.4 Å². The number of nitro groups is 1. The van der Waals surface area contributed by atoms with E-state index in [0.717, 1.165) is 17.3 Å². The smallest absolute Gasteiger partial charge is 0.373 e. The fourth-order valence-electron chi connectivity index (χ4n) is 0.326. The summed E-state index contributed by atoms with van der Waals surface area (Å²) in [6.45, 7) is 0. The third-order valence-corrected chi connectivity index (χ3v) is 0.583. The van der Waals surface area contributed by atoms with E-state index in [4.69, 9.17) is 0 Å². The topological polar surface area (TPSA) is 88.0 Å². The van der Waals surface area contributed by atoms with Gasteiger partial charge in [-0.15, -0.1) is 15.2 Å². The summed E-state index contributed by atoms with van der Waals surface area (Å²) in [4.78, 5) is 9.63. The molecule has 0 saturated heterocycles. The largest absolute Gasteiger partial charge is 1.00 e. The molecule has 0 amide bonds. The van der Waals surface area contributed by atoms with Gasteiger partial charge in [-0.3, -0.25) is 10.2 Å². The molecule has 0 bridgehead atoms. The Balaban J connectivity index is 0.000000810. The van der Waals surface area contributed by atoms with Crippen molar-refractivity contribution in [2.75, 3.05) is 0 Å². The van der Waals surface area contributed by atoms with Crippen molar-refractivity contribution in [3.63, 3.8) is 0 Å². The third kappa shape index (κ3) is 2.58. The molecule has 1 aromatic rings. The maximum Gasteiger partial charge on any atom is 1.00 e. The Bertz CT molecular complexity index is 197. The molecule has 0 atom stereocenters. The molecule has 8 heteroatoms. The van der Waals surface area contributed by atoms with E-state index in [1.807, 2.05) is 0 Å². The van der Waals surface area contributed by atoms with Gasteiger partial charge in [-0.25, -0.2) is 0 Å². The number of rotatable bonds is 2. The van der Waals surface area contributed by atoms with Gasteiger partial charge in [0, 0.05) is 0 Å². The van der Waals surface area contributed by atoms with Crippen molar-refractivity contribution >= 4 is 0 Å². The summed E-state index contributed by atoms with van der Waals surface area (Å²) >= 11 is 0. The van der Waals surface area contributed by atoms with Crippen molar-refractivity contribution in [1.29, 1.82) is 0 Å². The summed E-state index contributed by atoms with van der Waals surface area (Å²) in [5.41, 5.74) is 2.83. The predicted octanol–water partition coefficient (Wildman–Crippen LogP) is -0.396. The molecule has 0 radical (unpaired) electrons. The summed E-state index contributed by atoms with van der Waals surface area (Å²) < 4.78 is 0.903. The van der Waals surface area contributed by atoms with E-state index in [9.17, 15) is 10.1 Å². The van der Waals surface area contributed by atoms with Crippen LogP contribution in [0, 0.1) is 10.1 Å². The van der Waals surface area contributed by atoms with Crippen LogP contribution in [-0.4, -0.2) is 19.9 Å². The van der Waals surface area contributed by atoms with E-state index in [0.29, 0.717) is 0 Å². The summed E-state index contributed by atoms with van der Waals surface area (Å²) in [6, 6.07) is 0. The van der Waals surface area contributed by atoms with Crippen LogP contribution in [-0.2, 0) is 22.4 Å². The first-order valence-electron chi connectivity index (χ1n) is 2.00. The second-order valence-electron chi connectivity index (χ2n) is 1.17. The molecule has 0 saturated carbocycles. The van der Waals surface area contributed by atoms with Crippen molar-refractivity contribution < 1.29 is 27.4 Å². The quantitative estimate of drug-likeness (QED) is 0.397. The average molecular weight is 236 g/mol. The maximum absolute atomic E-state index is 9.63. The van der Waals surface area contributed by atoms with Gasteiger partial charge in [0.2, 0.25) is 0 Å². The molecule has 0 aliphatic carbocycles. The Morgan fingerprint density at radius 1 is 1.50 bits per heavy atom. The van der Waals surface area contributed by atoms with Crippen molar-refractivity contribution in [2.24, 2.45) is 0 Å². The number of aromatic nitrogens is 3. The molecule has 0 unspecified atom stereocenters. The van der Waals surface area contributed by atoms with E-state index in [1.54, 1.807) is 0 Å². The second-order valence-corrected chi connectivity index (χ2v) is 1.17. The zero-order chi connectivity index (χ0) is 6.69. The molecule has 1 rings (SSSR count). The summed E-state index contributed by atoms with van der Waals surface area (Å²) in [5.74, 6) is 0. The Labute approximate surface area is 71.0 Å². The Morgan fingerprint density at radius 2 is 2.00 bits per heavy atom. The molecule has 1 aromatic heterocycles. The molecular formula is C2H2AgN5O2. The molecule has 58 valence electrons. The summed E-state index contributed by atoms with van der Waals surface area (Å²) in [6.07, 6.45) is 2.26. The van der Waals surface area contributed by atoms with Crippen LogP contribution in [0.3, 0.4) is 0 Å². The fraction of sp³-hybridized carbons (Fsp3) is 0. The Hall–Kier alpha value is -0.920. The van der Waals surface area contributed by atoms with Crippen LogP contribution in [0.1, 0.15) is 0 Å². The van der Waals surface area contributed by atoms with Crippen LogP contribution < -0.4 is 0 Å². The van der Waals surface area contributed by atoms with Crippen molar-refractivity contribution in [2.45, 2.75) is 0 Å². The van der Waals surface area contributed by atoms with Crippen LogP contribution in [0.5, 0.6) is 0 Å². The molecule has 7 nitrogen and oxygen atoms in total. The summed E-state index contributed by atoms with van der Waals surface area (Å²) in [5, 5.41) is 15.4. The first-order valence-corrected chi connectivity index (χ1v) is 2.00. The molecule has 10 heavy (non-hydrogen) atoms. The molecular weight excluding hydrogens is 234 g/mol. The zero-order valence-corrected chi connectivity index (χ0v) is 5.99. The van der Waals surface area contributed by atoms with Gasteiger partial charge in [0.05, 0.1) is 0 Å². The van der Waals surface area contributed by atoms with E-state index in [2.05, 4.69) is 15.7 Å². The van der Waals surface area contributed by atoms with Gasteiger partial charge in [0.15, 0.2) is 12.7 Å². The van der Waals surface area contributed by atoms with Crippen molar-refractivity contribution in [3.05, 3.63) is 28.3 Å². The van der Waals surface area contributed by atoms with E-state index >= 15 is 0 Å². The normalized spacial score (nSPS) is 8.00. The third-order valence-electron chi connectivity index (χ3n) is 0.583. The Morgan fingerprint density at radius 3 is 2.40 bits per heavy atom. The standard InChI is InChI=1S/C2H2N5O2.Ag/c8-7(9)5-6-1-3-4-2-6;/h1-2H;/q-1;+1. The van der Waals surface area contributed by atoms with Crippen LogP contribution in [0.2, 0.25) is 0 Å². The zero-order valence-electron chi connectivity index (χ0n) is 4.51. The van der Waals surface area contributed by atoms with Gasteiger partial charge < -0.3 is 10.1 Å². The van der Waals surface area contributed by atoms with Crippen LogP contribution >= 0.6 is 0 Å². The van der Waals surface area contributed by atoms with E-state index < -0.39 is 5.03 Å². The number of nitrogens with zero attached hydrogens (tertiary/aromatic N) is 5. The minimum absolute atomic E-state index is 0. The van der Waals surface area contributed by atoms with E-state index in [1.165, 1.54) is 0 Å². The average Bonchev–Trinajstić information content (AvgIpc) is 2.15. The molecule has 0 spiro atoms. The summed E-state index contributed by atoms with van der Waals surface area (Å²) in [7, 11) is 0. The van der Waals surface area contributed by atoms with Crippen LogP contribution in [0.25, 0.3) is 5.53 Å². The van der Waals surface area contributed by atoms with Gasteiger partial charge in [0.25, 0.3) is 0 Å². The minimum Gasteiger partial charge on any atom is -0.373 e. The molecule has 0 fully saturated rings. The van der Waals surface area contributed by atoms with Crippen LogP contribution in [0.15, 0.2) is 12.7 Å². The molecule has 1 heterocycles. The van der Waals surface area contributed by atoms with Crippen molar-refractivity contribution in [1.82, 2.24) is 14.9 Å². The van der Waals surface area contributed by atoms with Gasteiger partial charge in [-0.05, 0) is 0 Å². The molecule has 0 aliphatic heterocycles. The molecule has 0 aliphatic rings. The van der Waals surface area contributed by atoms with E-state index in [-0.39, 0.29) is 22.4 Å².